The zero-order valence-corrected chi connectivity index (χ0v) is 12.9. The number of aryl methyl sites for hydroxylation is 1. The Balaban J connectivity index is 0.000000847. The molecule has 2 aliphatic rings. The maximum absolute atomic E-state index is 13.5. The van der Waals surface area contributed by atoms with Crippen LogP contribution < -0.4 is 5.32 Å². The van der Waals surface area contributed by atoms with Crippen LogP contribution in [0.15, 0.2) is 12.1 Å². The third-order valence-corrected chi connectivity index (χ3v) is 3.80. The van der Waals surface area contributed by atoms with E-state index in [1.54, 1.807) is 13.0 Å². The standard InChI is InChI=1S/C14H13FN2O3.C2H6/c1-7-4-8-6-17(14(20)9(8)5-10(7)15)11-2-3-12(18)16-13(11)19;1-2/h4-5,11H,2-3,6H2,1H3,(H,16,18,19);1-2H3. The summed E-state index contributed by atoms with van der Waals surface area (Å²) in [5, 5.41) is 2.23. The molecule has 1 aromatic carbocycles. The zero-order chi connectivity index (χ0) is 16.4. The first-order valence-electron chi connectivity index (χ1n) is 7.41. The van der Waals surface area contributed by atoms with Crippen molar-refractivity contribution in [3.05, 3.63) is 34.6 Å². The molecule has 0 saturated carbocycles. The van der Waals surface area contributed by atoms with Crippen molar-refractivity contribution in [1.29, 1.82) is 0 Å². The predicted molar refractivity (Wildman–Crippen MR) is 78.5 cm³/mol. The van der Waals surface area contributed by atoms with Gasteiger partial charge in [-0.15, -0.1) is 0 Å². The summed E-state index contributed by atoms with van der Waals surface area (Å²) in [6.45, 7) is 5.91. The average Bonchev–Trinajstić information content (AvgIpc) is 2.79. The second kappa shape index (κ2) is 6.25. The minimum Gasteiger partial charge on any atom is -0.322 e. The maximum atomic E-state index is 13.5. The molecule has 22 heavy (non-hydrogen) atoms. The smallest absolute Gasteiger partial charge is 0.255 e. The van der Waals surface area contributed by atoms with Gasteiger partial charge in [0.15, 0.2) is 0 Å². The normalized spacial score (nSPS) is 20.3. The molecule has 0 aliphatic carbocycles. The Kier molecular flexibility index (Phi) is 4.59. The lowest BCUT2D eigenvalue weighted by atomic mass is 10.0. The molecule has 3 amide bonds. The van der Waals surface area contributed by atoms with E-state index >= 15 is 0 Å². The molecule has 6 heteroatoms. The van der Waals surface area contributed by atoms with E-state index in [0.29, 0.717) is 17.5 Å². The number of amides is 3. The molecule has 3 rings (SSSR count). The lowest BCUT2D eigenvalue weighted by molar-refractivity contribution is -0.136. The van der Waals surface area contributed by atoms with E-state index in [9.17, 15) is 18.8 Å². The van der Waals surface area contributed by atoms with Crippen molar-refractivity contribution in [1.82, 2.24) is 10.2 Å². The van der Waals surface area contributed by atoms with E-state index in [1.807, 2.05) is 13.8 Å². The summed E-state index contributed by atoms with van der Waals surface area (Å²) in [5.74, 6) is -1.56. The van der Waals surface area contributed by atoms with E-state index in [-0.39, 0.29) is 24.8 Å². The Hall–Kier alpha value is -2.24. The average molecular weight is 306 g/mol. The molecule has 1 N–H and O–H groups in total. The van der Waals surface area contributed by atoms with Crippen LogP contribution in [0.3, 0.4) is 0 Å². The SMILES string of the molecule is CC.Cc1cc2c(cc1F)C(=O)N(C1CCC(=O)NC1=O)C2. The van der Waals surface area contributed by atoms with E-state index in [0.717, 1.165) is 5.56 Å². The van der Waals surface area contributed by atoms with Gasteiger partial charge >= 0.3 is 0 Å². The predicted octanol–water partition coefficient (Wildman–Crippen LogP) is 1.92. The Bertz CT molecular complexity index is 643. The number of hydrogen-bond donors (Lipinski definition) is 1. The number of imide groups is 1. The van der Waals surface area contributed by atoms with Crippen LogP contribution in [0.5, 0.6) is 0 Å². The van der Waals surface area contributed by atoms with Crippen LogP contribution in [0, 0.1) is 12.7 Å². The highest BCUT2D eigenvalue weighted by Gasteiger charge is 2.39. The lowest BCUT2D eigenvalue weighted by Gasteiger charge is -2.29. The van der Waals surface area contributed by atoms with Crippen molar-refractivity contribution < 1.29 is 18.8 Å². The van der Waals surface area contributed by atoms with Gasteiger partial charge in [-0.05, 0) is 30.5 Å². The molecule has 2 aliphatic heterocycles. The highest BCUT2D eigenvalue weighted by atomic mass is 19.1. The van der Waals surface area contributed by atoms with Gasteiger partial charge in [0.05, 0.1) is 0 Å². The highest BCUT2D eigenvalue weighted by Crippen LogP contribution is 2.29. The molecule has 1 atom stereocenters. The monoisotopic (exact) mass is 306 g/mol. The first kappa shape index (κ1) is 16.1. The van der Waals surface area contributed by atoms with E-state index in [1.165, 1.54) is 11.0 Å². The Morgan fingerprint density at radius 2 is 1.91 bits per heavy atom. The summed E-state index contributed by atoms with van der Waals surface area (Å²) in [4.78, 5) is 36.6. The van der Waals surface area contributed by atoms with E-state index < -0.39 is 17.8 Å². The van der Waals surface area contributed by atoms with Gasteiger partial charge in [-0.3, -0.25) is 19.7 Å². The van der Waals surface area contributed by atoms with E-state index in [2.05, 4.69) is 5.32 Å². The van der Waals surface area contributed by atoms with Crippen LogP contribution in [0.25, 0.3) is 0 Å². The lowest BCUT2D eigenvalue weighted by Crippen LogP contribution is -2.52. The minimum absolute atomic E-state index is 0.212. The van der Waals surface area contributed by atoms with Crippen molar-refractivity contribution in [2.75, 3.05) is 0 Å². The number of hydrogen-bond acceptors (Lipinski definition) is 3. The third-order valence-electron chi connectivity index (χ3n) is 3.80. The van der Waals surface area contributed by atoms with Crippen LogP contribution in [0.4, 0.5) is 4.39 Å². The zero-order valence-electron chi connectivity index (χ0n) is 12.9. The Labute approximate surface area is 128 Å². The largest absolute Gasteiger partial charge is 0.322 e. The van der Waals surface area contributed by atoms with Gasteiger partial charge in [-0.2, -0.15) is 0 Å². The third kappa shape index (κ3) is 2.73. The number of nitrogens with one attached hydrogen (secondary N) is 1. The highest BCUT2D eigenvalue weighted by molar-refractivity contribution is 6.05. The maximum Gasteiger partial charge on any atom is 0.255 e. The summed E-state index contributed by atoms with van der Waals surface area (Å²) >= 11 is 0. The van der Waals surface area contributed by atoms with Gasteiger partial charge in [-0.25, -0.2) is 4.39 Å². The first-order valence-corrected chi connectivity index (χ1v) is 7.41. The Morgan fingerprint density at radius 1 is 1.23 bits per heavy atom. The molecular weight excluding hydrogens is 287 g/mol. The van der Waals surface area contributed by atoms with Gasteiger partial charge in [0.25, 0.3) is 5.91 Å². The summed E-state index contributed by atoms with van der Waals surface area (Å²) < 4.78 is 13.5. The molecule has 5 nitrogen and oxygen atoms in total. The van der Waals surface area contributed by atoms with Gasteiger partial charge in [0, 0.05) is 18.5 Å². The summed E-state index contributed by atoms with van der Waals surface area (Å²) in [5.41, 5.74) is 1.50. The number of carbonyl (C=O) groups excluding carboxylic acids is 3. The molecular formula is C16H19FN2O3. The van der Waals surface area contributed by atoms with Crippen molar-refractivity contribution in [2.45, 2.75) is 46.2 Å². The van der Waals surface area contributed by atoms with Gasteiger partial charge in [-0.1, -0.05) is 19.9 Å². The number of halogens is 1. The van der Waals surface area contributed by atoms with Crippen LogP contribution in [-0.2, 0) is 16.1 Å². The molecule has 118 valence electrons. The second-order valence-electron chi connectivity index (χ2n) is 5.16. The topological polar surface area (TPSA) is 66.5 Å². The van der Waals surface area contributed by atoms with Crippen molar-refractivity contribution in [3.63, 3.8) is 0 Å². The molecule has 0 aromatic heterocycles. The molecule has 1 unspecified atom stereocenters. The quantitative estimate of drug-likeness (QED) is 0.806. The number of carbonyl (C=O) groups is 3. The summed E-state index contributed by atoms with van der Waals surface area (Å²) in [6.07, 6.45) is 0.524. The fourth-order valence-electron chi connectivity index (χ4n) is 2.71. The molecule has 0 spiro atoms. The van der Waals surface area contributed by atoms with Crippen LogP contribution in [0.1, 0.15) is 48.2 Å². The van der Waals surface area contributed by atoms with Gasteiger partial charge < -0.3 is 4.90 Å². The number of rotatable bonds is 1. The molecule has 1 aromatic rings. The van der Waals surface area contributed by atoms with Gasteiger partial charge in [0.1, 0.15) is 11.9 Å². The fourth-order valence-corrected chi connectivity index (χ4v) is 2.71. The summed E-state index contributed by atoms with van der Waals surface area (Å²) in [6, 6.07) is 2.20. The van der Waals surface area contributed by atoms with Crippen molar-refractivity contribution in [2.24, 2.45) is 0 Å². The molecule has 1 fully saturated rings. The van der Waals surface area contributed by atoms with Crippen molar-refractivity contribution in [3.8, 4) is 0 Å². The first-order chi connectivity index (χ1) is 10.5. The van der Waals surface area contributed by atoms with E-state index in [4.69, 9.17) is 0 Å². The molecule has 1 saturated heterocycles. The molecule has 0 radical (unpaired) electrons. The second-order valence-corrected chi connectivity index (χ2v) is 5.16. The van der Waals surface area contributed by atoms with Gasteiger partial charge in [0.2, 0.25) is 11.8 Å². The number of nitrogens with zero attached hydrogens (tertiary/aromatic N) is 1. The minimum atomic E-state index is -0.657. The number of benzene rings is 1. The van der Waals surface area contributed by atoms with Crippen LogP contribution in [-0.4, -0.2) is 28.7 Å². The van der Waals surface area contributed by atoms with Crippen LogP contribution in [0.2, 0.25) is 0 Å². The summed E-state index contributed by atoms with van der Waals surface area (Å²) in [7, 11) is 0. The molecule has 2 heterocycles. The fraction of sp³-hybridized carbons (Fsp3) is 0.438. The van der Waals surface area contributed by atoms with Crippen molar-refractivity contribution >= 4 is 17.7 Å². The number of fused-ring (bicyclic) bond motifs is 1. The van der Waals surface area contributed by atoms with Crippen LogP contribution >= 0.6 is 0 Å². The number of piperidine rings is 1. The Morgan fingerprint density at radius 3 is 2.55 bits per heavy atom. The molecule has 0 bridgehead atoms.